The smallest absolute Gasteiger partial charge is 0.220 e. The van der Waals surface area contributed by atoms with E-state index in [9.17, 15) is 11.8 Å². The van der Waals surface area contributed by atoms with Gasteiger partial charge in [-0.25, -0.2) is 4.85 Å². The minimum Gasteiger partial charge on any atom is -0.316 e. The van der Waals surface area contributed by atoms with Crippen LogP contribution < -0.4 is 0 Å². The summed E-state index contributed by atoms with van der Waals surface area (Å²) in [6.45, 7) is 11.7. The molecule has 0 aliphatic carbocycles. The molecule has 0 amide bonds. The number of rotatable bonds is 4. The van der Waals surface area contributed by atoms with E-state index < -0.39 is 0 Å². The quantitative estimate of drug-likeness (QED) is 0.162. The molecule has 7 heteroatoms. The van der Waals surface area contributed by atoms with Crippen molar-refractivity contribution in [2.24, 2.45) is 0 Å². The highest BCUT2D eigenvalue weighted by Gasteiger charge is 2.33. The van der Waals surface area contributed by atoms with Gasteiger partial charge in [-0.3, -0.25) is 0 Å². The molecule has 10 aromatic carbocycles. The van der Waals surface area contributed by atoms with Crippen LogP contribution in [0.2, 0.25) is 0 Å². The molecule has 15 rings (SSSR count). The van der Waals surface area contributed by atoms with Crippen LogP contribution in [0.15, 0.2) is 188 Å². The summed E-state index contributed by atoms with van der Waals surface area (Å²) in [5.74, 6) is 0. The second-order valence-corrected chi connectivity index (χ2v) is 21.3. The van der Waals surface area contributed by atoms with Crippen molar-refractivity contribution in [3.8, 4) is 39.7 Å². The molecule has 0 N–H and O–H groups in total. The maximum Gasteiger partial charge on any atom is 0.220 e. The maximum atomic E-state index is 12.1. The number of hydrogen-bond acceptors (Lipinski definition) is 4. The van der Waals surface area contributed by atoms with Gasteiger partial charge in [0.05, 0.1) is 59.7 Å². The minimum absolute atomic E-state index is 0.434. The van der Waals surface area contributed by atoms with E-state index in [1.165, 1.54) is 52.0 Å². The molecule has 0 radical (unpaired) electrons. The number of para-hydroxylation sites is 1. The van der Waals surface area contributed by atoms with Crippen LogP contribution in [-0.2, 0) is 0 Å². The minimum atomic E-state index is 0.434. The topological polar surface area (TPSA) is 38.0 Å². The van der Waals surface area contributed by atoms with Crippen molar-refractivity contribution in [1.29, 1.82) is 5.26 Å². The first-order valence-corrected chi connectivity index (χ1v) is 25.7. The zero-order valence-corrected chi connectivity index (χ0v) is 39.9. The van der Waals surface area contributed by atoms with Crippen molar-refractivity contribution < 1.29 is 0 Å². The third-order valence-electron chi connectivity index (χ3n) is 14.4. The van der Waals surface area contributed by atoms with Crippen molar-refractivity contribution in [1.82, 2.24) is 9.13 Å². The van der Waals surface area contributed by atoms with Crippen molar-refractivity contribution in [2.45, 2.75) is 6.92 Å². The molecule has 0 aliphatic heterocycles. The Labute approximate surface area is 412 Å². The summed E-state index contributed by atoms with van der Waals surface area (Å²) in [5, 5.41) is 23.7. The highest BCUT2D eigenvalue weighted by molar-refractivity contribution is 7.27. The number of nitriles is 1. The van der Waals surface area contributed by atoms with Crippen molar-refractivity contribution in [3.63, 3.8) is 0 Å². The van der Waals surface area contributed by atoms with Gasteiger partial charge in [-0.15, -0.1) is 34.0 Å². The molecule has 70 heavy (non-hydrogen) atoms. The molecule has 0 saturated carbocycles. The average molecular weight is 943 g/mol. The van der Waals surface area contributed by atoms with Crippen LogP contribution in [0.25, 0.3) is 143 Å². The summed E-state index contributed by atoms with van der Waals surface area (Å²) >= 11 is 5.43. The van der Waals surface area contributed by atoms with E-state index in [1.54, 1.807) is 0 Å². The Morgan fingerprint density at radius 3 is 1.44 bits per heavy atom. The highest BCUT2D eigenvalue weighted by Crippen LogP contribution is 2.55. The Morgan fingerprint density at radius 1 is 0.429 bits per heavy atom. The van der Waals surface area contributed by atoms with Gasteiger partial charge < -0.3 is 9.13 Å². The van der Waals surface area contributed by atoms with E-state index in [-0.39, 0.29) is 0 Å². The van der Waals surface area contributed by atoms with Crippen molar-refractivity contribution in [3.05, 3.63) is 211 Å². The molecule has 5 heterocycles. The SMILES string of the molecule is [C-]#[N+]c1c(-c2ccccc2)c(C#N)c(-n2c3ccccc3c3ccc4c5ccc(C)cc5sc4c32)c(-c2ccccc2)c1-n1c2c(ccc3c4ccccc4sc32)c2ccc3c4ccccc4sc3c21. The molecule has 0 atom stereocenters. The lowest BCUT2D eigenvalue weighted by Crippen LogP contribution is -2.09. The lowest BCUT2D eigenvalue weighted by Gasteiger charge is -2.26. The van der Waals surface area contributed by atoms with E-state index in [0.717, 1.165) is 85.8 Å². The number of nitrogens with zero attached hydrogens (tertiary/aromatic N) is 4. The largest absolute Gasteiger partial charge is 0.316 e. The number of aromatic nitrogens is 2. The fourth-order valence-corrected chi connectivity index (χ4v) is 15.3. The second-order valence-electron chi connectivity index (χ2n) is 18.1. The van der Waals surface area contributed by atoms with Crippen LogP contribution in [0.1, 0.15) is 11.1 Å². The Hall–Kier alpha value is -8.56. The van der Waals surface area contributed by atoms with Gasteiger partial charge in [-0.05, 0) is 47.9 Å². The molecule has 4 nitrogen and oxygen atoms in total. The molecular formula is C63H34N4S3. The predicted octanol–water partition coefficient (Wildman–Crippen LogP) is 19.0. The summed E-state index contributed by atoms with van der Waals surface area (Å²) < 4.78 is 12.0. The van der Waals surface area contributed by atoms with E-state index >= 15 is 0 Å². The molecule has 0 unspecified atom stereocenters. The van der Waals surface area contributed by atoms with E-state index in [0.29, 0.717) is 16.8 Å². The zero-order chi connectivity index (χ0) is 46.4. The van der Waals surface area contributed by atoms with Gasteiger partial charge >= 0.3 is 0 Å². The third-order valence-corrected chi connectivity index (χ3v) is 18.0. The highest BCUT2D eigenvalue weighted by atomic mass is 32.1. The molecule has 0 spiro atoms. The van der Waals surface area contributed by atoms with E-state index in [4.69, 9.17) is 0 Å². The molecule has 324 valence electrons. The standard InChI is InChI=1S/C63H34N4S3/c1-35-25-26-41-47-30-27-42-38-19-9-12-22-49(38)66(57(42)61(47)70-52(41)33-35)56-48(34-64)53(36-15-5-3-6-16-36)55(65-2)60(54(56)37-17-7-4-8-18-37)67-58-43(28-31-45-39-20-10-13-23-50(39)68-62(45)58)44-29-32-46-40-21-11-14-24-51(40)69-63(46)59(44)67/h3-33H,1H3. The van der Waals surface area contributed by atoms with Crippen LogP contribution in [0.3, 0.4) is 0 Å². The first kappa shape index (κ1) is 39.4. The second kappa shape index (κ2) is 14.7. The van der Waals surface area contributed by atoms with Gasteiger partial charge in [0.25, 0.3) is 0 Å². The fourth-order valence-electron chi connectivity index (χ4n) is 11.5. The average Bonchev–Trinajstić information content (AvgIpc) is 4.23. The van der Waals surface area contributed by atoms with Crippen LogP contribution >= 0.6 is 34.0 Å². The number of hydrogen-bond donors (Lipinski definition) is 0. The Bertz CT molecular complexity index is 4730. The van der Waals surface area contributed by atoms with Crippen LogP contribution in [-0.4, -0.2) is 9.13 Å². The molecular weight excluding hydrogens is 909 g/mol. The zero-order valence-electron chi connectivity index (χ0n) is 37.4. The Balaban J connectivity index is 1.26. The van der Waals surface area contributed by atoms with Gasteiger partial charge in [0, 0.05) is 79.1 Å². The first-order valence-electron chi connectivity index (χ1n) is 23.3. The van der Waals surface area contributed by atoms with Crippen LogP contribution in [0.5, 0.6) is 0 Å². The van der Waals surface area contributed by atoms with Gasteiger partial charge in [-0.2, -0.15) is 5.26 Å². The number of thiophene rings is 3. The molecule has 15 aromatic rings. The van der Waals surface area contributed by atoms with Crippen LogP contribution in [0, 0.1) is 24.8 Å². The Kier molecular flexibility index (Phi) is 8.29. The van der Waals surface area contributed by atoms with Crippen molar-refractivity contribution in [2.75, 3.05) is 0 Å². The van der Waals surface area contributed by atoms with E-state index in [2.05, 4.69) is 191 Å². The lowest BCUT2D eigenvalue weighted by atomic mass is 9.88. The third kappa shape index (κ3) is 5.26. The maximum absolute atomic E-state index is 12.1. The normalized spacial score (nSPS) is 12.0. The summed E-state index contributed by atoms with van der Waals surface area (Å²) in [5.41, 5.74) is 11.0. The van der Waals surface area contributed by atoms with E-state index in [1.807, 2.05) is 58.3 Å². The summed E-state index contributed by atoms with van der Waals surface area (Å²) in [7, 11) is 0. The molecule has 5 aromatic heterocycles. The van der Waals surface area contributed by atoms with Gasteiger partial charge in [0.15, 0.2) is 0 Å². The summed E-state index contributed by atoms with van der Waals surface area (Å²) in [4.78, 5) is 4.67. The predicted molar refractivity (Wildman–Crippen MR) is 300 cm³/mol. The summed E-state index contributed by atoms with van der Waals surface area (Å²) in [6, 6.07) is 69.9. The molecule has 0 fully saturated rings. The summed E-state index contributed by atoms with van der Waals surface area (Å²) in [6.07, 6.45) is 0. The number of aryl methyl sites for hydroxylation is 1. The molecule has 0 aliphatic rings. The lowest BCUT2D eigenvalue weighted by molar-refractivity contribution is 1.14. The molecule has 0 bridgehead atoms. The van der Waals surface area contributed by atoms with Crippen LogP contribution in [0.4, 0.5) is 5.69 Å². The Morgan fingerprint density at radius 2 is 0.871 bits per heavy atom. The first-order chi connectivity index (χ1) is 34.6. The monoisotopic (exact) mass is 942 g/mol. The fraction of sp³-hybridized carbons (Fsp3) is 0.0159. The number of benzene rings is 10. The van der Waals surface area contributed by atoms with Crippen molar-refractivity contribution >= 4 is 144 Å². The number of fused-ring (bicyclic) bond motifs is 18. The van der Waals surface area contributed by atoms with Gasteiger partial charge in [-0.1, -0.05) is 164 Å². The van der Waals surface area contributed by atoms with Gasteiger partial charge in [0.2, 0.25) is 5.69 Å². The molecule has 0 saturated heterocycles. The van der Waals surface area contributed by atoms with Gasteiger partial charge in [0.1, 0.15) is 6.07 Å².